The number of nitrogens with one attached hydrogen (secondary N) is 2. The molecule has 1 aromatic heterocycles. The van der Waals surface area contributed by atoms with E-state index in [4.69, 9.17) is 4.63 Å². The Morgan fingerprint density at radius 1 is 1.46 bits per heavy atom. The van der Waals surface area contributed by atoms with Crippen LogP contribution in [0.2, 0.25) is 0 Å². The van der Waals surface area contributed by atoms with Crippen LogP contribution in [-0.4, -0.2) is 52.3 Å². The van der Waals surface area contributed by atoms with Gasteiger partial charge < -0.3 is 10.2 Å². The number of aliphatic imine (C=N–C) groups is 1. The second-order valence-electron chi connectivity index (χ2n) is 7.17. The van der Waals surface area contributed by atoms with Crippen molar-refractivity contribution in [3.63, 3.8) is 0 Å². The fourth-order valence-corrected chi connectivity index (χ4v) is 3.78. The third-order valence-electron chi connectivity index (χ3n) is 5.24. The summed E-state index contributed by atoms with van der Waals surface area (Å²) < 4.78 is 18.4. The zero-order valence-corrected chi connectivity index (χ0v) is 15.4. The lowest BCUT2D eigenvalue weighted by Crippen LogP contribution is -2.25. The molecular weight excluding hydrogens is 367 g/mol. The Bertz CT molecular complexity index is 914. The number of halogens is 1. The lowest BCUT2D eigenvalue weighted by molar-refractivity contribution is -0.126. The number of amidine groups is 1. The molecule has 4 rings (SSSR count). The van der Waals surface area contributed by atoms with Crippen molar-refractivity contribution < 1.29 is 19.0 Å². The van der Waals surface area contributed by atoms with Crippen LogP contribution in [0.5, 0.6) is 0 Å². The SMILES string of the molecule is CN1C[C@@H](CNc2nonc2C(=NC2CCc3ccc(F)cc32)NO)CC1=O. The van der Waals surface area contributed by atoms with Gasteiger partial charge in [-0.25, -0.2) is 9.02 Å². The highest BCUT2D eigenvalue weighted by Gasteiger charge is 2.28. The molecule has 10 heteroatoms. The smallest absolute Gasteiger partial charge is 0.222 e. The van der Waals surface area contributed by atoms with Crippen molar-refractivity contribution >= 4 is 17.6 Å². The normalized spacial score (nSPS) is 21.9. The summed E-state index contributed by atoms with van der Waals surface area (Å²) >= 11 is 0. The number of benzene rings is 1. The molecule has 1 amide bonds. The van der Waals surface area contributed by atoms with Crippen LogP contribution in [-0.2, 0) is 11.2 Å². The monoisotopic (exact) mass is 388 g/mol. The van der Waals surface area contributed by atoms with E-state index < -0.39 is 0 Å². The van der Waals surface area contributed by atoms with E-state index in [2.05, 4.69) is 26.1 Å². The van der Waals surface area contributed by atoms with Gasteiger partial charge in [0.25, 0.3) is 0 Å². The number of nitrogens with zero attached hydrogens (tertiary/aromatic N) is 4. The summed E-state index contributed by atoms with van der Waals surface area (Å²) in [5, 5.41) is 20.4. The maximum atomic E-state index is 13.6. The standard InChI is InChI=1S/C18H21FN6O3/c1-25-9-10(6-15(25)26)8-20-17-16(23-28-24-17)18(22-27)21-14-5-3-11-2-4-12(19)7-13(11)14/h2,4,7,10,14,27H,3,5-6,8-9H2,1H3,(H,20,24)(H,21,22)/t10-,14?/m1/s1. The van der Waals surface area contributed by atoms with Gasteiger partial charge in [0.05, 0.1) is 6.04 Å². The molecule has 1 fully saturated rings. The van der Waals surface area contributed by atoms with Gasteiger partial charge in [-0.1, -0.05) is 6.07 Å². The fourth-order valence-electron chi connectivity index (χ4n) is 3.78. The Morgan fingerprint density at radius 2 is 2.32 bits per heavy atom. The third-order valence-corrected chi connectivity index (χ3v) is 5.24. The van der Waals surface area contributed by atoms with Crippen LogP contribution in [0, 0.1) is 11.7 Å². The quantitative estimate of drug-likeness (QED) is 0.404. The Kier molecular flexibility index (Phi) is 4.95. The van der Waals surface area contributed by atoms with E-state index >= 15 is 0 Å². The van der Waals surface area contributed by atoms with Gasteiger partial charge in [0.15, 0.2) is 11.5 Å². The first kappa shape index (κ1) is 18.4. The first-order valence-corrected chi connectivity index (χ1v) is 9.12. The number of likely N-dealkylation sites (tertiary alicyclic amines) is 1. The average molecular weight is 388 g/mol. The van der Waals surface area contributed by atoms with Gasteiger partial charge in [-0.3, -0.25) is 20.5 Å². The van der Waals surface area contributed by atoms with E-state index in [-0.39, 0.29) is 35.2 Å². The summed E-state index contributed by atoms with van der Waals surface area (Å²) in [5.41, 5.74) is 4.12. The fraction of sp³-hybridized carbons (Fsp3) is 0.444. The molecule has 0 bridgehead atoms. The molecule has 2 atom stereocenters. The minimum atomic E-state index is -0.319. The van der Waals surface area contributed by atoms with E-state index in [0.29, 0.717) is 31.7 Å². The molecule has 1 aliphatic heterocycles. The highest BCUT2D eigenvalue weighted by atomic mass is 19.1. The topological polar surface area (TPSA) is 116 Å². The number of anilines is 1. The first-order valence-electron chi connectivity index (χ1n) is 9.12. The number of aromatic nitrogens is 2. The zero-order valence-electron chi connectivity index (χ0n) is 15.4. The molecule has 9 nitrogen and oxygen atoms in total. The van der Waals surface area contributed by atoms with Crippen LogP contribution < -0.4 is 10.8 Å². The van der Waals surface area contributed by atoms with Gasteiger partial charge in [-0.05, 0) is 46.4 Å². The minimum absolute atomic E-state index is 0.0884. The van der Waals surface area contributed by atoms with Crippen molar-refractivity contribution in [2.45, 2.75) is 25.3 Å². The number of amides is 1. The van der Waals surface area contributed by atoms with Gasteiger partial charge in [-0.15, -0.1) is 0 Å². The summed E-state index contributed by atoms with van der Waals surface area (Å²) in [4.78, 5) is 17.8. The average Bonchev–Trinajstić information content (AvgIpc) is 3.38. The number of hydrogen-bond donors (Lipinski definition) is 3. The summed E-state index contributed by atoms with van der Waals surface area (Å²) in [6.45, 7) is 1.17. The maximum absolute atomic E-state index is 13.6. The summed E-state index contributed by atoms with van der Waals surface area (Å²) in [5.74, 6) is 0.344. The molecule has 2 aromatic rings. The van der Waals surface area contributed by atoms with E-state index in [1.165, 1.54) is 12.1 Å². The lowest BCUT2D eigenvalue weighted by atomic mass is 10.1. The molecule has 0 radical (unpaired) electrons. The molecule has 0 saturated carbocycles. The van der Waals surface area contributed by atoms with Crippen LogP contribution in [0.15, 0.2) is 27.8 Å². The Balaban J connectivity index is 1.51. The van der Waals surface area contributed by atoms with Gasteiger partial charge in [0.2, 0.25) is 11.7 Å². The molecule has 148 valence electrons. The van der Waals surface area contributed by atoms with E-state index in [1.54, 1.807) is 18.0 Å². The summed E-state index contributed by atoms with van der Waals surface area (Å²) in [6, 6.07) is 4.37. The maximum Gasteiger partial charge on any atom is 0.222 e. The molecule has 3 N–H and O–H groups in total. The van der Waals surface area contributed by atoms with Crippen LogP contribution in [0.25, 0.3) is 0 Å². The summed E-state index contributed by atoms with van der Waals surface area (Å²) in [6.07, 6.45) is 1.95. The molecule has 1 aromatic carbocycles. The van der Waals surface area contributed by atoms with Crippen LogP contribution >= 0.6 is 0 Å². The predicted molar refractivity (Wildman–Crippen MR) is 97.5 cm³/mol. The van der Waals surface area contributed by atoms with Gasteiger partial charge in [0, 0.05) is 32.5 Å². The van der Waals surface area contributed by atoms with Crippen LogP contribution in [0.1, 0.15) is 35.7 Å². The molecule has 1 aliphatic carbocycles. The van der Waals surface area contributed by atoms with Crippen molar-refractivity contribution in [2.75, 3.05) is 25.5 Å². The number of hydrogen-bond acceptors (Lipinski definition) is 7. The van der Waals surface area contributed by atoms with Gasteiger partial charge >= 0.3 is 0 Å². The number of fused-ring (bicyclic) bond motifs is 1. The number of hydroxylamine groups is 1. The zero-order chi connectivity index (χ0) is 19.7. The van der Waals surface area contributed by atoms with Gasteiger partial charge in [-0.2, -0.15) is 0 Å². The number of carbonyl (C=O) groups is 1. The number of rotatable bonds is 5. The minimum Gasteiger partial charge on any atom is -0.365 e. The molecule has 0 spiro atoms. The van der Waals surface area contributed by atoms with Crippen molar-refractivity contribution in [1.82, 2.24) is 20.7 Å². The molecule has 2 heterocycles. The van der Waals surface area contributed by atoms with E-state index in [9.17, 15) is 14.4 Å². The Morgan fingerprint density at radius 3 is 3.07 bits per heavy atom. The molecule has 28 heavy (non-hydrogen) atoms. The first-order chi connectivity index (χ1) is 13.5. The van der Waals surface area contributed by atoms with Crippen LogP contribution in [0.4, 0.5) is 10.2 Å². The third kappa shape index (κ3) is 3.55. The number of aryl methyl sites for hydroxylation is 1. The lowest BCUT2D eigenvalue weighted by Gasteiger charge is -2.12. The van der Waals surface area contributed by atoms with Crippen molar-refractivity contribution in [3.05, 3.63) is 40.8 Å². The van der Waals surface area contributed by atoms with Gasteiger partial charge in [0.1, 0.15) is 5.82 Å². The van der Waals surface area contributed by atoms with Crippen molar-refractivity contribution in [1.29, 1.82) is 0 Å². The Hall–Kier alpha value is -3.01. The van der Waals surface area contributed by atoms with Crippen molar-refractivity contribution in [2.24, 2.45) is 10.9 Å². The highest BCUT2D eigenvalue weighted by molar-refractivity contribution is 6.00. The highest BCUT2D eigenvalue weighted by Crippen LogP contribution is 2.35. The largest absolute Gasteiger partial charge is 0.365 e. The number of carbonyl (C=O) groups excluding carboxylic acids is 1. The van der Waals surface area contributed by atoms with Crippen LogP contribution in [0.3, 0.4) is 0 Å². The Labute approximate surface area is 160 Å². The van der Waals surface area contributed by atoms with Crippen molar-refractivity contribution in [3.8, 4) is 0 Å². The predicted octanol–water partition coefficient (Wildman–Crippen LogP) is 1.51. The van der Waals surface area contributed by atoms with E-state index in [0.717, 1.165) is 17.5 Å². The molecular formula is C18H21FN6O3. The summed E-state index contributed by atoms with van der Waals surface area (Å²) in [7, 11) is 1.77. The molecule has 2 aliphatic rings. The molecule has 1 saturated heterocycles. The second-order valence-corrected chi connectivity index (χ2v) is 7.17. The second kappa shape index (κ2) is 7.55. The molecule has 1 unspecified atom stereocenters. The van der Waals surface area contributed by atoms with E-state index in [1.807, 2.05) is 0 Å².